The van der Waals surface area contributed by atoms with Crippen LogP contribution >= 0.6 is 0 Å². The molecule has 0 amide bonds. The molecule has 1 aromatic heterocycles. The van der Waals surface area contributed by atoms with Crippen LogP contribution in [0.15, 0.2) is 29.1 Å². The monoisotopic (exact) mass is 287 g/mol. The maximum Gasteiger partial charge on any atom is 0.337 e. The van der Waals surface area contributed by atoms with E-state index in [1.807, 2.05) is 0 Å². The van der Waals surface area contributed by atoms with Crippen LogP contribution in [-0.4, -0.2) is 26.9 Å². The molecule has 1 aromatic carbocycles. The number of rotatable bonds is 3. The average molecular weight is 287 g/mol. The number of aromatic hydroxyl groups is 1. The predicted molar refractivity (Wildman–Crippen MR) is 75.0 cm³/mol. The third kappa shape index (κ3) is 2.69. The molecule has 0 bridgehead atoms. The number of carboxylic acid groups (broad SMARTS) is 1. The van der Waals surface area contributed by atoms with E-state index >= 15 is 0 Å². The smallest absolute Gasteiger partial charge is 0.337 e. The molecule has 0 spiro atoms. The summed E-state index contributed by atoms with van der Waals surface area (Å²) in [5.74, 6) is -2.23. The fourth-order valence-corrected chi connectivity index (χ4v) is 1.99. The number of H-pyrrole nitrogens is 1. The van der Waals surface area contributed by atoms with Gasteiger partial charge in [-0.15, -0.1) is 0 Å². The van der Waals surface area contributed by atoms with E-state index in [0.29, 0.717) is 0 Å². The number of carbonyl (C=O) groups excluding carboxylic acids is 1. The second-order valence-corrected chi connectivity index (χ2v) is 4.71. The Kier molecular flexibility index (Phi) is 3.62. The Balaban J connectivity index is 2.64. The van der Waals surface area contributed by atoms with Gasteiger partial charge in [-0.3, -0.25) is 9.59 Å². The van der Waals surface area contributed by atoms with Crippen LogP contribution in [0.3, 0.4) is 0 Å². The van der Waals surface area contributed by atoms with Gasteiger partial charge in [0.05, 0.1) is 16.7 Å². The molecule has 0 saturated heterocycles. The van der Waals surface area contributed by atoms with Gasteiger partial charge >= 0.3 is 5.97 Å². The largest absolute Gasteiger partial charge is 0.507 e. The van der Waals surface area contributed by atoms with Crippen molar-refractivity contribution >= 4 is 11.8 Å². The van der Waals surface area contributed by atoms with E-state index in [-0.39, 0.29) is 28.1 Å². The van der Waals surface area contributed by atoms with Crippen molar-refractivity contribution in [1.82, 2.24) is 4.98 Å². The Morgan fingerprint density at radius 2 is 1.71 bits per heavy atom. The van der Waals surface area contributed by atoms with Crippen molar-refractivity contribution in [2.24, 2.45) is 0 Å². The number of aryl methyl sites for hydroxylation is 2. The van der Waals surface area contributed by atoms with Crippen LogP contribution in [0.1, 0.15) is 37.5 Å². The van der Waals surface area contributed by atoms with Crippen molar-refractivity contribution in [3.8, 4) is 5.75 Å². The molecular formula is C15H13NO5. The zero-order valence-corrected chi connectivity index (χ0v) is 11.4. The first-order valence-corrected chi connectivity index (χ1v) is 6.12. The summed E-state index contributed by atoms with van der Waals surface area (Å²) in [6.07, 6.45) is 0. The van der Waals surface area contributed by atoms with Crippen molar-refractivity contribution in [3.63, 3.8) is 0 Å². The third-order valence-corrected chi connectivity index (χ3v) is 3.11. The molecule has 108 valence electrons. The third-order valence-electron chi connectivity index (χ3n) is 3.11. The average Bonchev–Trinajstić information content (AvgIpc) is 2.40. The number of aromatic amines is 1. The van der Waals surface area contributed by atoms with Crippen LogP contribution in [0.4, 0.5) is 0 Å². The number of pyridine rings is 1. The lowest BCUT2D eigenvalue weighted by atomic mass is 10.00. The molecule has 0 aliphatic heterocycles. The Morgan fingerprint density at radius 3 is 2.33 bits per heavy atom. The Morgan fingerprint density at radius 1 is 1.05 bits per heavy atom. The molecule has 21 heavy (non-hydrogen) atoms. The van der Waals surface area contributed by atoms with E-state index in [9.17, 15) is 19.5 Å². The highest BCUT2D eigenvalue weighted by molar-refractivity contribution is 6.11. The highest BCUT2D eigenvalue weighted by atomic mass is 16.4. The highest BCUT2D eigenvalue weighted by Crippen LogP contribution is 2.21. The van der Waals surface area contributed by atoms with E-state index in [2.05, 4.69) is 4.98 Å². The van der Waals surface area contributed by atoms with Crippen LogP contribution in [-0.2, 0) is 0 Å². The van der Waals surface area contributed by atoms with Crippen LogP contribution in [0.2, 0.25) is 0 Å². The van der Waals surface area contributed by atoms with Crippen LogP contribution < -0.4 is 5.56 Å². The van der Waals surface area contributed by atoms with Gasteiger partial charge in [0, 0.05) is 5.69 Å². The Labute approximate surface area is 119 Å². The Hall–Kier alpha value is -2.89. The molecule has 0 atom stereocenters. The van der Waals surface area contributed by atoms with Crippen molar-refractivity contribution < 1.29 is 19.8 Å². The zero-order chi connectivity index (χ0) is 15.7. The molecular weight excluding hydrogens is 274 g/mol. The molecule has 3 N–H and O–H groups in total. The summed E-state index contributed by atoms with van der Waals surface area (Å²) in [5, 5.41) is 18.8. The van der Waals surface area contributed by atoms with Gasteiger partial charge in [-0.05, 0) is 32.0 Å². The number of nitrogens with one attached hydrogen (secondary N) is 1. The molecule has 0 radical (unpaired) electrons. The van der Waals surface area contributed by atoms with Gasteiger partial charge in [0.25, 0.3) is 5.56 Å². The second kappa shape index (κ2) is 5.24. The minimum atomic E-state index is -1.24. The van der Waals surface area contributed by atoms with Crippen molar-refractivity contribution in [1.29, 1.82) is 0 Å². The number of hydrogen-bond donors (Lipinski definition) is 3. The fourth-order valence-electron chi connectivity index (χ4n) is 1.99. The van der Waals surface area contributed by atoms with Crippen LogP contribution in [0.5, 0.6) is 5.75 Å². The maximum absolute atomic E-state index is 12.4. The number of phenolic OH excluding ortho intramolecular Hbond substituents is 1. The molecule has 0 saturated carbocycles. The summed E-state index contributed by atoms with van der Waals surface area (Å²) >= 11 is 0. The van der Waals surface area contributed by atoms with E-state index in [0.717, 1.165) is 11.6 Å². The molecule has 1 heterocycles. The van der Waals surface area contributed by atoms with Gasteiger partial charge in [0.15, 0.2) is 0 Å². The summed E-state index contributed by atoms with van der Waals surface area (Å²) in [5.41, 5.74) is -0.316. The number of phenols is 1. The minimum Gasteiger partial charge on any atom is -0.507 e. The lowest BCUT2D eigenvalue weighted by Gasteiger charge is -2.07. The summed E-state index contributed by atoms with van der Waals surface area (Å²) in [7, 11) is 0. The number of aromatic nitrogens is 1. The number of aromatic carboxylic acids is 1. The topological polar surface area (TPSA) is 107 Å². The van der Waals surface area contributed by atoms with Crippen molar-refractivity contribution in [2.45, 2.75) is 13.8 Å². The molecule has 2 rings (SSSR count). The number of hydrogen-bond acceptors (Lipinski definition) is 4. The summed E-state index contributed by atoms with van der Waals surface area (Å²) < 4.78 is 0. The molecule has 0 fully saturated rings. The lowest BCUT2D eigenvalue weighted by Crippen LogP contribution is -2.22. The first-order valence-electron chi connectivity index (χ1n) is 6.12. The minimum absolute atomic E-state index is 0.0410. The fraction of sp³-hybridized carbons (Fsp3) is 0.133. The second-order valence-electron chi connectivity index (χ2n) is 4.71. The maximum atomic E-state index is 12.4. The molecule has 2 aromatic rings. The normalized spacial score (nSPS) is 10.4. The van der Waals surface area contributed by atoms with Crippen molar-refractivity contribution in [3.05, 3.63) is 62.6 Å². The predicted octanol–water partition coefficient (Wildman–Crippen LogP) is 1.63. The van der Waals surface area contributed by atoms with Crippen molar-refractivity contribution in [2.75, 3.05) is 0 Å². The van der Waals surface area contributed by atoms with E-state index in [1.165, 1.54) is 19.1 Å². The Bertz CT molecular complexity index is 804. The summed E-state index contributed by atoms with van der Waals surface area (Å²) in [6.45, 7) is 3.17. The zero-order valence-electron chi connectivity index (χ0n) is 11.4. The molecule has 6 heteroatoms. The molecule has 0 aliphatic carbocycles. The number of carbonyl (C=O) groups is 2. The van der Waals surface area contributed by atoms with E-state index in [4.69, 9.17) is 5.11 Å². The highest BCUT2D eigenvalue weighted by Gasteiger charge is 2.20. The quantitative estimate of drug-likeness (QED) is 0.744. The molecule has 6 nitrogen and oxygen atoms in total. The number of ketones is 1. The van der Waals surface area contributed by atoms with Gasteiger partial charge in [-0.2, -0.15) is 0 Å². The standard InChI is InChI=1S/C15H13NO5/c1-7-3-4-12(17)10(5-7)13(18)11-6-9(15(20)21)8(2)16-14(11)19/h3-6,17H,1-2H3,(H,16,19)(H,20,21). The first kappa shape index (κ1) is 14.5. The van der Waals surface area contributed by atoms with Gasteiger partial charge < -0.3 is 15.2 Å². The first-order chi connectivity index (χ1) is 9.81. The summed E-state index contributed by atoms with van der Waals surface area (Å²) in [4.78, 5) is 37.6. The van der Waals surface area contributed by atoms with Crippen LogP contribution in [0, 0.1) is 13.8 Å². The number of carboxylic acids is 1. The van der Waals surface area contributed by atoms with Crippen LogP contribution in [0.25, 0.3) is 0 Å². The van der Waals surface area contributed by atoms with E-state index in [1.54, 1.807) is 13.0 Å². The van der Waals surface area contributed by atoms with Gasteiger partial charge in [-0.25, -0.2) is 4.79 Å². The van der Waals surface area contributed by atoms with Gasteiger partial charge in [0.1, 0.15) is 5.75 Å². The molecule has 0 aliphatic rings. The molecule has 0 unspecified atom stereocenters. The van der Waals surface area contributed by atoms with Gasteiger partial charge in [-0.1, -0.05) is 11.6 Å². The number of benzene rings is 1. The summed E-state index contributed by atoms with van der Waals surface area (Å²) in [6, 6.07) is 5.44. The van der Waals surface area contributed by atoms with Gasteiger partial charge in [0.2, 0.25) is 5.78 Å². The SMILES string of the molecule is Cc1ccc(O)c(C(=O)c2cc(C(=O)O)c(C)[nH]c2=O)c1. The van der Waals surface area contributed by atoms with E-state index < -0.39 is 17.3 Å². The lowest BCUT2D eigenvalue weighted by molar-refractivity contribution is 0.0695.